The number of hydrogen-bond acceptors (Lipinski definition) is 7. The summed E-state index contributed by atoms with van der Waals surface area (Å²) in [6, 6.07) is 7.38. The standard InChI is InChI=1S/C23H30N6O3.ClH/c1-14(2)31-18-8-9-28(12-18)13-22(30)24-20-11-21(29-16(4)10-15(3)27-29)26-23(25-20)19-7-6-17(5)32-19;/h6-7,10-11,14,18H,8-9,12-13H2,1-5H3,(H,24,25,26,30);1H/t18-;/m0./s1. The van der Waals surface area contributed by atoms with Crippen molar-refractivity contribution < 1.29 is 13.9 Å². The molecule has 0 spiro atoms. The van der Waals surface area contributed by atoms with Crippen LogP contribution in [0.2, 0.25) is 0 Å². The van der Waals surface area contributed by atoms with Gasteiger partial charge in [-0.2, -0.15) is 5.10 Å². The SMILES string of the molecule is Cc1cc(C)n(-c2cc(NC(=O)CN3CC[C@H](OC(C)C)C3)nc(-c3ccc(C)o3)n2)n1.Cl. The number of aromatic nitrogens is 4. The van der Waals surface area contributed by atoms with E-state index >= 15 is 0 Å². The molecule has 1 fully saturated rings. The van der Waals surface area contributed by atoms with Crippen LogP contribution in [0.1, 0.15) is 37.4 Å². The molecule has 3 aromatic rings. The normalized spacial score (nSPS) is 16.2. The third kappa shape index (κ3) is 6.19. The Morgan fingerprint density at radius 2 is 2.03 bits per heavy atom. The molecule has 178 valence electrons. The second-order valence-corrected chi connectivity index (χ2v) is 8.56. The molecule has 9 nitrogen and oxygen atoms in total. The van der Waals surface area contributed by atoms with Gasteiger partial charge < -0.3 is 14.5 Å². The zero-order valence-electron chi connectivity index (χ0n) is 19.7. The van der Waals surface area contributed by atoms with E-state index in [1.54, 1.807) is 10.7 Å². The first kappa shape index (κ1) is 24.9. The van der Waals surface area contributed by atoms with Crippen LogP contribution in [0, 0.1) is 20.8 Å². The van der Waals surface area contributed by atoms with E-state index in [1.807, 2.05) is 52.8 Å². The molecule has 0 saturated carbocycles. The second-order valence-electron chi connectivity index (χ2n) is 8.56. The van der Waals surface area contributed by atoms with Gasteiger partial charge in [-0.25, -0.2) is 14.6 Å². The summed E-state index contributed by atoms with van der Waals surface area (Å²) in [5.41, 5.74) is 1.82. The topological polar surface area (TPSA) is 98.3 Å². The van der Waals surface area contributed by atoms with Crippen LogP contribution in [0.3, 0.4) is 0 Å². The Morgan fingerprint density at radius 1 is 1.24 bits per heavy atom. The molecule has 1 saturated heterocycles. The Bertz CT molecular complexity index is 1110. The molecule has 1 amide bonds. The van der Waals surface area contributed by atoms with Gasteiger partial charge in [-0.1, -0.05) is 0 Å². The molecule has 4 heterocycles. The number of hydrogen-bond donors (Lipinski definition) is 1. The fraction of sp³-hybridized carbons (Fsp3) is 0.478. The van der Waals surface area contributed by atoms with E-state index in [0.29, 0.717) is 23.2 Å². The highest BCUT2D eigenvalue weighted by Gasteiger charge is 2.25. The Hall–Kier alpha value is -2.75. The van der Waals surface area contributed by atoms with E-state index in [9.17, 15) is 4.79 Å². The zero-order chi connectivity index (χ0) is 22.8. The molecule has 0 aromatic carbocycles. The van der Waals surface area contributed by atoms with Crippen LogP contribution in [0.4, 0.5) is 5.82 Å². The van der Waals surface area contributed by atoms with Gasteiger partial charge in [0.1, 0.15) is 11.6 Å². The summed E-state index contributed by atoms with van der Waals surface area (Å²) in [6.07, 6.45) is 1.29. The lowest BCUT2D eigenvalue weighted by Crippen LogP contribution is -2.33. The van der Waals surface area contributed by atoms with Crippen LogP contribution in [-0.4, -0.2) is 62.4 Å². The predicted octanol–water partition coefficient (Wildman–Crippen LogP) is 3.71. The zero-order valence-corrected chi connectivity index (χ0v) is 20.5. The highest BCUT2D eigenvalue weighted by atomic mass is 35.5. The van der Waals surface area contributed by atoms with Crippen molar-refractivity contribution in [2.24, 2.45) is 0 Å². The lowest BCUT2D eigenvalue weighted by molar-refractivity contribution is -0.117. The summed E-state index contributed by atoms with van der Waals surface area (Å²) in [5, 5.41) is 7.44. The highest BCUT2D eigenvalue weighted by Crippen LogP contribution is 2.23. The number of halogens is 1. The molecule has 1 atom stereocenters. The van der Waals surface area contributed by atoms with E-state index < -0.39 is 0 Å². The van der Waals surface area contributed by atoms with Gasteiger partial charge in [-0.15, -0.1) is 12.4 Å². The van der Waals surface area contributed by atoms with Gasteiger partial charge in [-0.3, -0.25) is 9.69 Å². The molecule has 0 unspecified atom stereocenters. The van der Waals surface area contributed by atoms with E-state index in [-0.39, 0.29) is 37.1 Å². The van der Waals surface area contributed by atoms with Gasteiger partial charge in [0.25, 0.3) is 0 Å². The highest BCUT2D eigenvalue weighted by molar-refractivity contribution is 5.91. The summed E-state index contributed by atoms with van der Waals surface area (Å²) < 4.78 is 13.3. The van der Waals surface area contributed by atoms with Gasteiger partial charge in [-0.05, 0) is 59.2 Å². The summed E-state index contributed by atoms with van der Waals surface area (Å²) in [6.45, 7) is 11.7. The van der Waals surface area contributed by atoms with Crippen molar-refractivity contribution in [1.29, 1.82) is 0 Å². The van der Waals surface area contributed by atoms with Crippen LogP contribution < -0.4 is 5.32 Å². The number of aryl methyl sites for hydroxylation is 3. The fourth-order valence-corrected chi connectivity index (χ4v) is 3.95. The molecular formula is C23H31ClN6O3. The van der Waals surface area contributed by atoms with Crippen molar-refractivity contribution in [2.45, 2.75) is 53.2 Å². The maximum atomic E-state index is 12.8. The summed E-state index contributed by atoms with van der Waals surface area (Å²) >= 11 is 0. The van der Waals surface area contributed by atoms with Crippen molar-refractivity contribution in [2.75, 3.05) is 25.0 Å². The number of furan rings is 1. The van der Waals surface area contributed by atoms with Gasteiger partial charge in [0, 0.05) is 24.8 Å². The average molecular weight is 475 g/mol. The first-order valence-corrected chi connectivity index (χ1v) is 10.9. The third-order valence-corrected chi connectivity index (χ3v) is 5.23. The summed E-state index contributed by atoms with van der Waals surface area (Å²) in [7, 11) is 0. The molecule has 4 rings (SSSR count). The number of rotatable bonds is 7. The van der Waals surface area contributed by atoms with Crippen molar-refractivity contribution in [1.82, 2.24) is 24.6 Å². The van der Waals surface area contributed by atoms with Crippen molar-refractivity contribution in [3.05, 3.63) is 41.4 Å². The molecule has 1 aliphatic rings. The molecule has 0 bridgehead atoms. The van der Waals surface area contributed by atoms with Crippen LogP contribution in [-0.2, 0) is 9.53 Å². The van der Waals surface area contributed by atoms with Crippen LogP contribution in [0.15, 0.2) is 28.7 Å². The van der Waals surface area contributed by atoms with Crippen molar-refractivity contribution in [3.8, 4) is 17.4 Å². The Labute approximate surface area is 199 Å². The number of carbonyl (C=O) groups excluding carboxylic acids is 1. The van der Waals surface area contributed by atoms with Gasteiger partial charge in [0.2, 0.25) is 5.91 Å². The first-order valence-electron chi connectivity index (χ1n) is 10.9. The monoisotopic (exact) mass is 474 g/mol. The number of likely N-dealkylation sites (tertiary alicyclic amines) is 1. The van der Waals surface area contributed by atoms with Gasteiger partial charge in [0.15, 0.2) is 17.4 Å². The molecular weight excluding hydrogens is 444 g/mol. The largest absolute Gasteiger partial charge is 0.458 e. The minimum Gasteiger partial charge on any atom is -0.458 e. The Balaban J connectivity index is 0.00000306. The number of ether oxygens (including phenoxy) is 1. The molecule has 1 aliphatic heterocycles. The minimum atomic E-state index is -0.130. The smallest absolute Gasteiger partial charge is 0.239 e. The van der Waals surface area contributed by atoms with Crippen LogP contribution >= 0.6 is 12.4 Å². The van der Waals surface area contributed by atoms with Crippen LogP contribution in [0.5, 0.6) is 0 Å². The molecule has 0 aliphatic carbocycles. The Kier molecular flexibility index (Phi) is 7.88. The molecule has 0 radical (unpaired) electrons. The van der Waals surface area contributed by atoms with E-state index in [1.165, 1.54) is 0 Å². The number of carbonyl (C=O) groups is 1. The third-order valence-electron chi connectivity index (χ3n) is 5.23. The van der Waals surface area contributed by atoms with E-state index in [2.05, 4.69) is 25.3 Å². The van der Waals surface area contributed by atoms with Crippen molar-refractivity contribution in [3.63, 3.8) is 0 Å². The molecule has 10 heteroatoms. The van der Waals surface area contributed by atoms with Crippen LogP contribution in [0.25, 0.3) is 17.4 Å². The summed E-state index contributed by atoms with van der Waals surface area (Å²) in [4.78, 5) is 24.0. The number of nitrogens with one attached hydrogen (secondary N) is 1. The first-order chi connectivity index (χ1) is 15.3. The lowest BCUT2D eigenvalue weighted by atomic mass is 10.3. The fourth-order valence-electron chi connectivity index (χ4n) is 3.95. The predicted molar refractivity (Wildman–Crippen MR) is 128 cm³/mol. The molecule has 1 N–H and O–H groups in total. The maximum Gasteiger partial charge on any atom is 0.239 e. The van der Waals surface area contributed by atoms with Gasteiger partial charge in [0.05, 0.1) is 24.4 Å². The van der Waals surface area contributed by atoms with E-state index in [4.69, 9.17) is 9.15 Å². The van der Waals surface area contributed by atoms with Gasteiger partial charge >= 0.3 is 0 Å². The Morgan fingerprint density at radius 3 is 2.67 bits per heavy atom. The maximum absolute atomic E-state index is 12.8. The average Bonchev–Trinajstić information content (AvgIpc) is 3.41. The summed E-state index contributed by atoms with van der Waals surface area (Å²) in [5.74, 6) is 2.54. The van der Waals surface area contributed by atoms with E-state index in [0.717, 1.165) is 36.7 Å². The molecule has 33 heavy (non-hydrogen) atoms. The quantitative estimate of drug-likeness (QED) is 0.557. The van der Waals surface area contributed by atoms with Crippen molar-refractivity contribution >= 4 is 24.1 Å². The molecule has 3 aromatic heterocycles. The minimum absolute atomic E-state index is 0. The number of amides is 1. The number of nitrogens with zero attached hydrogens (tertiary/aromatic N) is 5. The second kappa shape index (κ2) is 10.5. The lowest BCUT2D eigenvalue weighted by Gasteiger charge is -2.17. The number of anilines is 1.